The molecule has 40 heavy (non-hydrogen) atoms. The summed E-state index contributed by atoms with van der Waals surface area (Å²) in [4.78, 5) is 17.8. The molecule has 0 bridgehead atoms. The number of aliphatic hydroxyl groups is 1. The number of thioether (sulfide) groups is 1. The molecular weight excluding hydrogens is 522 g/mol. The molecule has 0 amide bonds. The van der Waals surface area contributed by atoms with Crippen LogP contribution in [0.2, 0.25) is 0 Å². The largest absolute Gasteiger partial charge is 0.506 e. The minimum absolute atomic E-state index is 0.0577. The van der Waals surface area contributed by atoms with E-state index < -0.39 is 5.97 Å². The zero-order chi connectivity index (χ0) is 27.9. The summed E-state index contributed by atoms with van der Waals surface area (Å²) in [5.41, 5.74) is 2.57. The molecule has 0 aromatic heterocycles. The van der Waals surface area contributed by atoms with Crippen molar-refractivity contribution >= 4 is 45.3 Å². The van der Waals surface area contributed by atoms with Crippen molar-refractivity contribution in [2.24, 2.45) is 4.99 Å². The Bertz CT molecular complexity index is 1620. The number of nitrogens with zero attached hydrogens (tertiary/aromatic N) is 1. The fraction of sp³-hybridized carbons (Fsp3) is 0.152. The first-order valence-corrected chi connectivity index (χ1v) is 13.9. The van der Waals surface area contributed by atoms with Crippen molar-refractivity contribution in [2.45, 2.75) is 20.5 Å². The van der Waals surface area contributed by atoms with Crippen molar-refractivity contribution in [3.05, 3.63) is 118 Å². The van der Waals surface area contributed by atoms with E-state index in [1.807, 2.05) is 67.6 Å². The third-order valence-corrected chi connectivity index (χ3v) is 7.15. The number of ether oxygens (including phenoxy) is 3. The van der Waals surface area contributed by atoms with Crippen LogP contribution in [0.25, 0.3) is 16.8 Å². The third-order valence-electron chi connectivity index (χ3n) is 6.13. The van der Waals surface area contributed by atoms with E-state index in [0.29, 0.717) is 40.3 Å². The molecule has 4 aromatic rings. The molecule has 0 unspecified atom stereocenters. The van der Waals surface area contributed by atoms with E-state index in [1.54, 1.807) is 13.0 Å². The van der Waals surface area contributed by atoms with Crippen molar-refractivity contribution in [3.8, 4) is 11.5 Å². The van der Waals surface area contributed by atoms with Crippen LogP contribution >= 0.6 is 11.8 Å². The van der Waals surface area contributed by atoms with Crippen LogP contribution in [0.3, 0.4) is 0 Å². The zero-order valence-corrected chi connectivity index (χ0v) is 23.1. The van der Waals surface area contributed by atoms with Gasteiger partial charge in [0.05, 0.1) is 23.8 Å². The summed E-state index contributed by atoms with van der Waals surface area (Å²) in [7, 11) is 0. The minimum Gasteiger partial charge on any atom is -0.506 e. The van der Waals surface area contributed by atoms with E-state index in [1.165, 1.54) is 17.1 Å². The quantitative estimate of drug-likeness (QED) is 0.212. The first-order valence-electron chi connectivity index (χ1n) is 13.1. The first-order chi connectivity index (χ1) is 19.6. The van der Waals surface area contributed by atoms with Gasteiger partial charge in [-0.3, -0.25) is 0 Å². The van der Waals surface area contributed by atoms with Gasteiger partial charge in [0.2, 0.25) is 0 Å². The average Bonchev–Trinajstić information content (AvgIpc) is 3.27. The molecule has 4 aromatic carbocycles. The minimum atomic E-state index is -0.613. The monoisotopic (exact) mass is 551 g/mol. The fourth-order valence-corrected chi connectivity index (χ4v) is 5.29. The van der Waals surface area contributed by atoms with E-state index in [4.69, 9.17) is 14.2 Å². The SMILES string of the molecule is CCOC(=O)C1=C(O)/C(=C/c2ccc(OCc3ccc4ccccc4c3)c(OCC)c2)SC1=Nc1ccccc1. The van der Waals surface area contributed by atoms with E-state index in [0.717, 1.165) is 16.5 Å². The van der Waals surface area contributed by atoms with Crippen LogP contribution in [0.4, 0.5) is 5.69 Å². The highest BCUT2D eigenvalue weighted by Gasteiger charge is 2.33. The normalized spacial score (nSPS) is 15.2. The molecule has 5 rings (SSSR count). The topological polar surface area (TPSA) is 77.4 Å². The molecule has 0 spiro atoms. The first kappa shape index (κ1) is 27.1. The molecule has 1 aliphatic rings. The lowest BCUT2D eigenvalue weighted by Crippen LogP contribution is -2.12. The maximum atomic E-state index is 12.7. The highest BCUT2D eigenvalue weighted by atomic mass is 32.2. The highest BCUT2D eigenvalue weighted by molar-refractivity contribution is 8.18. The molecule has 1 heterocycles. The Kier molecular flexibility index (Phi) is 8.52. The smallest absolute Gasteiger partial charge is 0.344 e. The van der Waals surface area contributed by atoms with Gasteiger partial charge in [-0.25, -0.2) is 9.79 Å². The van der Waals surface area contributed by atoms with Crippen molar-refractivity contribution in [1.82, 2.24) is 0 Å². The van der Waals surface area contributed by atoms with E-state index in [2.05, 4.69) is 35.3 Å². The van der Waals surface area contributed by atoms with Crippen LogP contribution < -0.4 is 9.47 Å². The number of benzene rings is 4. The molecule has 0 fully saturated rings. The van der Waals surface area contributed by atoms with Gasteiger partial charge >= 0.3 is 5.97 Å². The summed E-state index contributed by atoms with van der Waals surface area (Å²) < 4.78 is 17.2. The lowest BCUT2D eigenvalue weighted by atomic mass is 10.1. The van der Waals surface area contributed by atoms with Gasteiger partial charge in [0.15, 0.2) is 11.5 Å². The van der Waals surface area contributed by atoms with Gasteiger partial charge < -0.3 is 19.3 Å². The Morgan fingerprint density at radius 2 is 1.62 bits per heavy atom. The number of fused-ring (bicyclic) bond motifs is 1. The van der Waals surface area contributed by atoms with Gasteiger partial charge in [0.1, 0.15) is 23.0 Å². The van der Waals surface area contributed by atoms with Crippen LogP contribution in [-0.2, 0) is 16.1 Å². The Labute approximate surface area is 237 Å². The number of hydrogen-bond donors (Lipinski definition) is 1. The lowest BCUT2D eigenvalue weighted by molar-refractivity contribution is -0.138. The average molecular weight is 552 g/mol. The van der Waals surface area contributed by atoms with Gasteiger partial charge in [-0.15, -0.1) is 0 Å². The van der Waals surface area contributed by atoms with Crippen molar-refractivity contribution < 1.29 is 24.1 Å². The summed E-state index contributed by atoms with van der Waals surface area (Å²) >= 11 is 1.22. The number of carbonyl (C=O) groups excluding carboxylic acids is 1. The predicted octanol–water partition coefficient (Wildman–Crippen LogP) is 8.01. The second-order valence-corrected chi connectivity index (χ2v) is 9.95. The van der Waals surface area contributed by atoms with Crippen LogP contribution in [0.1, 0.15) is 25.0 Å². The van der Waals surface area contributed by atoms with Gasteiger partial charge in [0.25, 0.3) is 0 Å². The summed E-state index contributed by atoms with van der Waals surface area (Å²) in [6, 6.07) is 29.4. The molecule has 1 aliphatic heterocycles. The number of aliphatic imine (C=N–C) groups is 1. The van der Waals surface area contributed by atoms with Crippen LogP contribution in [0.15, 0.2) is 112 Å². The van der Waals surface area contributed by atoms with E-state index >= 15 is 0 Å². The molecule has 1 N–H and O–H groups in total. The molecule has 0 saturated carbocycles. The van der Waals surface area contributed by atoms with Crippen molar-refractivity contribution in [2.75, 3.05) is 13.2 Å². The summed E-state index contributed by atoms with van der Waals surface area (Å²) in [6.45, 7) is 4.69. The van der Waals surface area contributed by atoms with E-state index in [9.17, 15) is 9.90 Å². The Morgan fingerprint density at radius 1 is 0.850 bits per heavy atom. The zero-order valence-electron chi connectivity index (χ0n) is 22.3. The maximum Gasteiger partial charge on any atom is 0.344 e. The molecule has 0 radical (unpaired) electrons. The second-order valence-electron chi connectivity index (χ2n) is 8.92. The molecule has 6 nitrogen and oxygen atoms in total. The van der Waals surface area contributed by atoms with Crippen LogP contribution in [0, 0.1) is 0 Å². The Morgan fingerprint density at radius 3 is 2.40 bits per heavy atom. The van der Waals surface area contributed by atoms with Gasteiger partial charge in [-0.05, 0) is 72.2 Å². The van der Waals surface area contributed by atoms with E-state index in [-0.39, 0.29) is 17.9 Å². The number of esters is 1. The van der Waals surface area contributed by atoms with Crippen molar-refractivity contribution in [3.63, 3.8) is 0 Å². The van der Waals surface area contributed by atoms with Crippen LogP contribution in [0.5, 0.6) is 11.5 Å². The Hall–Kier alpha value is -4.49. The molecule has 7 heteroatoms. The highest BCUT2D eigenvalue weighted by Crippen LogP contribution is 2.41. The van der Waals surface area contributed by atoms with Gasteiger partial charge in [-0.1, -0.05) is 72.4 Å². The number of carbonyl (C=O) groups is 1. The third kappa shape index (κ3) is 6.21. The number of hydrogen-bond acceptors (Lipinski definition) is 7. The molecule has 0 atom stereocenters. The number of aliphatic hydroxyl groups excluding tert-OH is 1. The van der Waals surface area contributed by atoms with Gasteiger partial charge in [0, 0.05) is 0 Å². The summed E-state index contributed by atoms with van der Waals surface area (Å²) in [5, 5.41) is 13.8. The molecule has 0 aliphatic carbocycles. The van der Waals surface area contributed by atoms with Crippen LogP contribution in [-0.4, -0.2) is 29.3 Å². The molecular formula is C33H29NO5S. The molecule has 0 saturated heterocycles. The van der Waals surface area contributed by atoms with Gasteiger partial charge in [-0.2, -0.15) is 0 Å². The number of para-hydroxylation sites is 1. The lowest BCUT2D eigenvalue weighted by Gasteiger charge is -2.13. The summed E-state index contributed by atoms with van der Waals surface area (Å²) in [5.74, 6) is 0.438. The maximum absolute atomic E-state index is 12.7. The number of rotatable bonds is 9. The standard InChI is InChI=1S/C33H29NO5S/c1-3-37-28-19-22(15-17-27(28)39-21-23-14-16-24-10-8-9-11-25(24)18-23)20-29-31(35)30(33(36)38-4-2)32(40-29)34-26-12-6-5-7-13-26/h5-20,35H,3-4,21H2,1-2H3/b29-20-,34-32?. The molecule has 202 valence electrons. The Balaban J connectivity index is 1.41. The fourth-order valence-electron chi connectivity index (χ4n) is 4.25. The summed E-state index contributed by atoms with van der Waals surface area (Å²) in [6.07, 6.45) is 1.79. The predicted molar refractivity (Wildman–Crippen MR) is 161 cm³/mol. The second kappa shape index (κ2) is 12.6. The van der Waals surface area contributed by atoms with Crippen molar-refractivity contribution in [1.29, 1.82) is 0 Å².